The Kier molecular flexibility index (Phi) is 6.41. The van der Waals surface area contributed by atoms with Crippen molar-refractivity contribution in [2.24, 2.45) is 0 Å². The van der Waals surface area contributed by atoms with Crippen LogP contribution < -0.4 is 24.4 Å². The third-order valence-electron chi connectivity index (χ3n) is 5.96. The van der Waals surface area contributed by atoms with Crippen molar-refractivity contribution in [2.75, 3.05) is 46.8 Å². The minimum Gasteiger partial charge on any atom is -0.497 e. The zero-order valence-electron chi connectivity index (χ0n) is 19.2. The number of aromatic nitrogens is 1. The lowest BCUT2D eigenvalue weighted by molar-refractivity contribution is -0.907. The standard InChI is InChI=1S/C24H27N3O6/c1-30-16-5-6-17-18(11-16)25-23(24(29)33-4)22(17)26-21(28)13-27-8-7-14-9-19(31-2)20(32-3)10-15(14)12-27/h5-6,9-11,25H,7-8,12-13H2,1-4H3,(H,26,28)/p+1. The molecule has 0 fully saturated rings. The number of ether oxygens (including phenoxy) is 4. The number of benzene rings is 2. The molecular weight excluding hydrogens is 426 g/mol. The summed E-state index contributed by atoms with van der Waals surface area (Å²) < 4.78 is 21.0. The summed E-state index contributed by atoms with van der Waals surface area (Å²) in [5.74, 6) is 1.29. The summed E-state index contributed by atoms with van der Waals surface area (Å²) in [4.78, 5) is 29.4. The van der Waals surface area contributed by atoms with Crippen LogP contribution in [-0.4, -0.2) is 58.4 Å². The number of hydrogen-bond acceptors (Lipinski definition) is 6. The van der Waals surface area contributed by atoms with Gasteiger partial charge in [0.1, 0.15) is 18.0 Å². The number of carbonyl (C=O) groups excluding carboxylic acids is 2. The summed E-state index contributed by atoms with van der Waals surface area (Å²) in [6.07, 6.45) is 0.832. The van der Waals surface area contributed by atoms with Gasteiger partial charge in [-0.3, -0.25) is 4.79 Å². The second kappa shape index (κ2) is 9.41. The molecular formula is C24H28N3O6+. The number of fused-ring (bicyclic) bond motifs is 2. The van der Waals surface area contributed by atoms with E-state index in [1.807, 2.05) is 12.1 Å². The maximum absolute atomic E-state index is 13.0. The van der Waals surface area contributed by atoms with E-state index in [1.54, 1.807) is 39.5 Å². The number of carbonyl (C=O) groups is 2. The van der Waals surface area contributed by atoms with Crippen molar-refractivity contribution in [3.8, 4) is 17.2 Å². The molecule has 0 bridgehead atoms. The molecule has 9 nitrogen and oxygen atoms in total. The second-order valence-corrected chi connectivity index (χ2v) is 7.91. The smallest absolute Gasteiger partial charge is 0.356 e. The number of amides is 1. The van der Waals surface area contributed by atoms with Gasteiger partial charge in [-0.1, -0.05) is 0 Å². The fourth-order valence-electron chi connectivity index (χ4n) is 4.28. The van der Waals surface area contributed by atoms with Crippen LogP contribution in [0.3, 0.4) is 0 Å². The zero-order chi connectivity index (χ0) is 23.5. The maximum atomic E-state index is 13.0. The SMILES string of the molecule is COC(=O)c1[nH]c2cc(OC)ccc2c1NC(=O)C[NH+]1CCc2cc(OC)c(OC)cc2C1. The van der Waals surface area contributed by atoms with E-state index >= 15 is 0 Å². The van der Waals surface area contributed by atoms with Gasteiger partial charge in [-0.05, 0) is 29.8 Å². The van der Waals surface area contributed by atoms with E-state index in [1.165, 1.54) is 12.7 Å². The lowest BCUT2D eigenvalue weighted by Gasteiger charge is -2.26. The van der Waals surface area contributed by atoms with Crippen LogP contribution in [0.4, 0.5) is 5.69 Å². The van der Waals surface area contributed by atoms with Gasteiger partial charge in [-0.2, -0.15) is 0 Å². The van der Waals surface area contributed by atoms with Gasteiger partial charge in [0.15, 0.2) is 18.0 Å². The highest BCUT2D eigenvalue weighted by Crippen LogP contribution is 2.32. The van der Waals surface area contributed by atoms with Gasteiger partial charge in [0, 0.05) is 23.4 Å². The lowest BCUT2D eigenvalue weighted by Crippen LogP contribution is -3.12. The van der Waals surface area contributed by atoms with Crippen molar-refractivity contribution in [1.29, 1.82) is 0 Å². The van der Waals surface area contributed by atoms with E-state index in [0.29, 0.717) is 40.4 Å². The van der Waals surface area contributed by atoms with E-state index in [4.69, 9.17) is 18.9 Å². The normalized spacial score (nSPS) is 15.0. The lowest BCUT2D eigenvalue weighted by atomic mass is 9.99. The monoisotopic (exact) mass is 454 g/mol. The summed E-state index contributed by atoms with van der Waals surface area (Å²) in [5.41, 5.74) is 3.62. The quantitative estimate of drug-likeness (QED) is 0.468. The van der Waals surface area contributed by atoms with Crippen LogP contribution in [0, 0.1) is 0 Å². The molecule has 1 aliphatic rings. The van der Waals surface area contributed by atoms with Crippen LogP contribution in [0.25, 0.3) is 10.9 Å². The average Bonchev–Trinajstić information content (AvgIpc) is 3.19. The minimum absolute atomic E-state index is 0.184. The van der Waals surface area contributed by atoms with Gasteiger partial charge in [-0.25, -0.2) is 4.79 Å². The predicted octanol–water partition coefficient (Wildman–Crippen LogP) is 1.56. The van der Waals surface area contributed by atoms with Crippen molar-refractivity contribution in [3.05, 3.63) is 47.2 Å². The molecule has 3 N–H and O–H groups in total. The van der Waals surface area contributed by atoms with Crippen LogP contribution in [-0.2, 0) is 22.5 Å². The zero-order valence-corrected chi connectivity index (χ0v) is 19.2. The number of aromatic amines is 1. The molecule has 2 aromatic carbocycles. The van der Waals surface area contributed by atoms with Crippen LogP contribution in [0.1, 0.15) is 21.6 Å². The highest BCUT2D eigenvalue weighted by molar-refractivity contribution is 6.11. The number of methoxy groups -OCH3 is 4. The Labute approximate surface area is 191 Å². The van der Waals surface area contributed by atoms with Crippen molar-refractivity contribution in [2.45, 2.75) is 13.0 Å². The minimum atomic E-state index is -0.555. The molecule has 3 aromatic rings. The first-order chi connectivity index (χ1) is 16.0. The topological polar surface area (TPSA) is 103 Å². The van der Waals surface area contributed by atoms with Crippen molar-refractivity contribution < 1.29 is 33.4 Å². The molecule has 1 amide bonds. The highest BCUT2D eigenvalue weighted by Gasteiger charge is 2.26. The van der Waals surface area contributed by atoms with Gasteiger partial charge in [-0.15, -0.1) is 0 Å². The van der Waals surface area contributed by atoms with Crippen LogP contribution in [0.15, 0.2) is 30.3 Å². The molecule has 1 atom stereocenters. The Morgan fingerprint density at radius 2 is 1.73 bits per heavy atom. The van der Waals surface area contributed by atoms with Crippen LogP contribution >= 0.6 is 0 Å². The molecule has 33 heavy (non-hydrogen) atoms. The summed E-state index contributed by atoms with van der Waals surface area (Å²) >= 11 is 0. The van der Waals surface area contributed by atoms with Crippen LogP contribution in [0.5, 0.6) is 17.2 Å². The van der Waals surface area contributed by atoms with E-state index in [0.717, 1.165) is 23.4 Å². The number of esters is 1. The largest absolute Gasteiger partial charge is 0.497 e. The Morgan fingerprint density at radius 1 is 1.00 bits per heavy atom. The van der Waals surface area contributed by atoms with Gasteiger partial charge in [0.2, 0.25) is 0 Å². The van der Waals surface area contributed by atoms with Gasteiger partial charge in [0.25, 0.3) is 5.91 Å². The third kappa shape index (κ3) is 4.45. The predicted molar refractivity (Wildman–Crippen MR) is 122 cm³/mol. The first-order valence-electron chi connectivity index (χ1n) is 10.6. The number of nitrogens with one attached hydrogen (secondary N) is 3. The number of H-pyrrole nitrogens is 1. The summed E-state index contributed by atoms with van der Waals surface area (Å²) in [7, 11) is 6.11. The summed E-state index contributed by atoms with van der Waals surface area (Å²) in [6, 6.07) is 9.34. The molecule has 0 saturated heterocycles. The van der Waals surface area contributed by atoms with Crippen molar-refractivity contribution in [3.63, 3.8) is 0 Å². The fraction of sp³-hybridized carbons (Fsp3) is 0.333. The summed E-state index contributed by atoms with van der Waals surface area (Å²) in [5, 5.41) is 3.63. The molecule has 0 radical (unpaired) electrons. The van der Waals surface area contributed by atoms with Crippen molar-refractivity contribution in [1.82, 2.24) is 4.98 Å². The average molecular weight is 455 g/mol. The molecule has 0 spiro atoms. The molecule has 1 unspecified atom stereocenters. The second-order valence-electron chi connectivity index (χ2n) is 7.91. The third-order valence-corrected chi connectivity index (χ3v) is 5.96. The molecule has 0 saturated carbocycles. The first kappa shape index (κ1) is 22.5. The van der Waals surface area contributed by atoms with Gasteiger partial charge < -0.3 is 34.1 Å². The maximum Gasteiger partial charge on any atom is 0.356 e. The molecule has 174 valence electrons. The Balaban J connectivity index is 1.53. The molecule has 1 aromatic heterocycles. The van der Waals surface area contributed by atoms with E-state index < -0.39 is 5.97 Å². The van der Waals surface area contributed by atoms with Gasteiger partial charge in [0.05, 0.1) is 46.2 Å². The molecule has 4 rings (SSSR count). The Hall–Kier alpha value is -3.72. The number of anilines is 1. The fourth-order valence-corrected chi connectivity index (χ4v) is 4.28. The molecule has 2 heterocycles. The van der Waals surface area contributed by atoms with E-state index in [9.17, 15) is 9.59 Å². The Bertz CT molecular complexity index is 1200. The van der Waals surface area contributed by atoms with Gasteiger partial charge >= 0.3 is 5.97 Å². The molecule has 1 aliphatic heterocycles. The number of quaternary nitrogens is 1. The number of rotatable bonds is 7. The highest BCUT2D eigenvalue weighted by atomic mass is 16.5. The van der Waals surface area contributed by atoms with E-state index in [-0.39, 0.29) is 18.1 Å². The summed E-state index contributed by atoms with van der Waals surface area (Å²) in [6.45, 7) is 1.76. The van der Waals surface area contributed by atoms with E-state index in [2.05, 4.69) is 10.3 Å². The Morgan fingerprint density at radius 3 is 2.39 bits per heavy atom. The molecule has 0 aliphatic carbocycles. The molecule has 9 heteroatoms. The van der Waals surface area contributed by atoms with Crippen LogP contribution in [0.2, 0.25) is 0 Å². The number of hydrogen-bond donors (Lipinski definition) is 3. The first-order valence-corrected chi connectivity index (χ1v) is 10.6. The van der Waals surface area contributed by atoms with Crippen molar-refractivity contribution >= 4 is 28.5 Å².